The molecule has 0 amide bonds. The molecule has 92 valence electrons. The molecule has 0 bridgehead atoms. The van der Waals surface area contributed by atoms with Crippen molar-refractivity contribution in [2.45, 2.75) is 4.84 Å². The monoisotopic (exact) mass is 328 g/mol. The molecule has 0 saturated heterocycles. The maximum Gasteiger partial charge on any atom is 2.00 e. The predicted octanol–water partition coefficient (Wildman–Crippen LogP) is 1.28. The first-order valence-corrected chi connectivity index (χ1v) is 7.18. The molecule has 0 fully saturated rings. The molecule has 1 aromatic carbocycles. The topological polar surface area (TPSA) is 89.5 Å². The minimum atomic E-state index is -3.51. The Balaban J connectivity index is 0. The van der Waals surface area contributed by atoms with E-state index in [4.69, 9.17) is 23.2 Å². The molecule has 2 unspecified atom stereocenters. The molecule has 0 aliphatic heterocycles. The number of alkyl halides is 2. The molecule has 0 spiro atoms. The largest absolute Gasteiger partial charge is 2.00 e. The van der Waals surface area contributed by atoms with Gasteiger partial charge in [-0.3, -0.25) is 4.31 Å². The van der Waals surface area contributed by atoms with E-state index >= 15 is 0 Å². The van der Waals surface area contributed by atoms with E-state index in [0.29, 0.717) is 0 Å². The van der Waals surface area contributed by atoms with E-state index in [1.807, 2.05) is 30.3 Å². The van der Waals surface area contributed by atoms with Crippen LogP contribution in [0.4, 0.5) is 0 Å². The molecule has 10 heteroatoms. The summed E-state index contributed by atoms with van der Waals surface area (Å²) in [5, 5.41) is 0. The van der Waals surface area contributed by atoms with Gasteiger partial charge >= 0.3 is 23.1 Å². The van der Waals surface area contributed by atoms with Crippen molar-refractivity contribution in [3.8, 4) is 0 Å². The number of hydrogen-bond donors (Lipinski definition) is 0. The van der Waals surface area contributed by atoms with Crippen LogP contribution in [0.25, 0.3) is 0 Å². The first-order valence-electron chi connectivity index (χ1n) is 3.86. The first kappa shape index (κ1) is 20.2. The quantitative estimate of drug-likeness (QED) is 0.473. The molecule has 1 rings (SSSR count). The molecule has 0 saturated carbocycles. The summed E-state index contributed by atoms with van der Waals surface area (Å²) in [6.07, 6.45) is 0. The van der Waals surface area contributed by atoms with Gasteiger partial charge in [-0.05, 0) is 5.56 Å². The second kappa shape index (κ2) is 12.0. The Hall–Kier alpha value is 0.906. The fraction of sp³-hybridized carbons (Fsp3) is 0.143. The Bertz CT molecular complexity index is 339. The van der Waals surface area contributed by atoms with E-state index in [1.54, 1.807) is 0 Å². The standard InChI is InChI=1S/C7H6Cl2.Mg.H4O5P2/c8-7(9)6-4-2-1-3-5-6;;1-6(2)5-7(3)4/h1-5,7H;;6-7H,(H,1,2)(H,3,4)/q;+2;/p-2. The summed E-state index contributed by atoms with van der Waals surface area (Å²) in [6, 6.07) is 9.54. The van der Waals surface area contributed by atoms with Crippen LogP contribution in [0.5, 0.6) is 0 Å². The fourth-order valence-corrected chi connectivity index (χ4v) is 1.50. The van der Waals surface area contributed by atoms with Gasteiger partial charge in [-0.1, -0.05) is 30.3 Å². The number of halogens is 2. The van der Waals surface area contributed by atoms with Gasteiger partial charge in [0, 0.05) is 0 Å². The summed E-state index contributed by atoms with van der Waals surface area (Å²) in [5.74, 6) is 0. The van der Waals surface area contributed by atoms with Crippen LogP contribution in [0, 0.1) is 0 Å². The van der Waals surface area contributed by atoms with E-state index < -0.39 is 21.3 Å². The number of rotatable bonds is 3. The van der Waals surface area contributed by atoms with E-state index in [9.17, 15) is 18.9 Å². The second-order valence-electron chi connectivity index (χ2n) is 2.31. The zero-order valence-electron chi connectivity index (χ0n) is 8.47. The van der Waals surface area contributed by atoms with Crippen molar-refractivity contribution >= 4 is 62.8 Å². The molecule has 2 atom stereocenters. The zero-order chi connectivity index (χ0) is 12.6. The predicted molar refractivity (Wildman–Crippen MR) is 65.7 cm³/mol. The molecule has 0 aromatic heterocycles. The van der Waals surface area contributed by atoms with Crippen molar-refractivity contribution in [3.05, 3.63) is 35.9 Å². The van der Waals surface area contributed by atoms with Crippen molar-refractivity contribution in [2.75, 3.05) is 0 Å². The van der Waals surface area contributed by atoms with Crippen molar-refractivity contribution in [1.82, 2.24) is 0 Å². The first-order chi connectivity index (χ1) is 7.43. The summed E-state index contributed by atoms with van der Waals surface area (Å²) < 4.78 is 21.8. The summed E-state index contributed by atoms with van der Waals surface area (Å²) in [6.45, 7) is 0. The van der Waals surface area contributed by atoms with Gasteiger partial charge in [-0.25, -0.2) is 0 Å². The maximum absolute atomic E-state index is 9.29. The molecule has 0 heterocycles. The molecule has 0 N–H and O–H groups in total. The Labute approximate surface area is 126 Å². The molecule has 17 heavy (non-hydrogen) atoms. The minimum absolute atomic E-state index is 0. The minimum Gasteiger partial charge on any atom is -0.781 e. The molecular formula is C7H8Cl2MgO5P2. The molecule has 0 radical (unpaired) electrons. The Morgan fingerprint density at radius 2 is 1.47 bits per heavy atom. The van der Waals surface area contributed by atoms with Crippen LogP contribution in [-0.2, 0) is 13.4 Å². The van der Waals surface area contributed by atoms with E-state index in [-0.39, 0.29) is 23.1 Å². The van der Waals surface area contributed by atoms with E-state index in [0.717, 1.165) is 5.56 Å². The molecule has 5 nitrogen and oxygen atoms in total. The summed E-state index contributed by atoms with van der Waals surface area (Å²) in [4.78, 5) is 18.2. The third kappa shape index (κ3) is 13.1. The van der Waals surface area contributed by atoms with Gasteiger partial charge in [0.25, 0.3) is 0 Å². The molecular weight excluding hydrogens is 321 g/mol. The van der Waals surface area contributed by atoms with Gasteiger partial charge in [-0.2, -0.15) is 0 Å². The Morgan fingerprint density at radius 1 is 1.06 bits per heavy atom. The number of hydrogen-bond acceptors (Lipinski definition) is 5. The average molecular weight is 329 g/mol. The van der Waals surface area contributed by atoms with Crippen LogP contribution in [0.3, 0.4) is 0 Å². The SMILES string of the molecule is ClC(Cl)c1ccccc1.O=[PH]([O-])O[PH](=O)[O-].[Mg+2]. The van der Waals surface area contributed by atoms with E-state index in [2.05, 4.69) is 4.31 Å². The third-order valence-electron chi connectivity index (χ3n) is 1.22. The van der Waals surface area contributed by atoms with Gasteiger partial charge in [0.2, 0.25) is 0 Å². The normalized spacial score (nSPS) is 13.0. The number of benzene rings is 1. The molecule has 1 aromatic rings. The van der Waals surface area contributed by atoms with Crippen molar-refractivity contribution < 1.29 is 23.2 Å². The van der Waals surface area contributed by atoms with Gasteiger partial charge in [-0.15, -0.1) is 23.2 Å². The van der Waals surface area contributed by atoms with Gasteiger partial charge in [0.15, 0.2) is 0 Å². The van der Waals surface area contributed by atoms with Crippen LogP contribution in [-0.4, -0.2) is 23.1 Å². The summed E-state index contributed by atoms with van der Waals surface area (Å²) in [5.41, 5.74) is 0.945. The van der Waals surface area contributed by atoms with Crippen LogP contribution < -0.4 is 9.79 Å². The van der Waals surface area contributed by atoms with Crippen LogP contribution in [0.2, 0.25) is 0 Å². The van der Waals surface area contributed by atoms with Crippen LogP contribution in [0.1, 0.15) is 10.4 Å². The zero-order valence-corrected chi connectivity index (χ0v) is 13.4. The van der Waals surface area contributed by atoms with Gasteiger partial charge < -0.3 is 18.9 Å². The maximum atomic E-state index is 9.29. The van der Waals surface area contributed by atoms with Crippen molar-refractivity contribution in [3.63, 3.8) is 0 Å². The summed E-state index contributed by atoms with van der Waals surface area (Å²) in [7, 11) is -7.03. The Kier molecular flexibility index (Phi) is 14.2. The van der Waals surface area contributed by atoms with Crippen molar-refractivity contribution in [2.24, 2.45) is 0 Å². The fourth-order valence-electron chi connectivity index (χ4n) is 0.667. The van der Waals surface area contributed by atoms with Gasteiger partial charge in [0.1, 0.15) is 21.3 Å². The van der Waals surface area contributed by atoms with Gasteiger partial charge in [0.05, 0.1) is 0 Å². The van der Waals surface area contributed by atoms with Crippen molar-refractivity contribution in [1.29, 1.82) is 0 Å². The van der Waals surface area contributed by atoms with Crippen LogP contribution in [0.15, 0.2) is 30.3 Å². The van der Waals surface area contributed by atoms with E-state index in [1.165, 1.54) is 0 Å². The second-order valence-corrected chi connectivity index (χ2v) is 5.23. The molecule has 0 aliphatic carbocycles. The summed E-state index contributed by atoms with van der Waals surface area (Å²) >= 11 is 11.1. The Morgan fingerprint density at radius 3 is 1.65 bits per heavy atom. The van der Waals surface area contributed by atoms with Crippen LogP contribution >= 0.6 is 39.7 Å². The third-order valence-corrected chi connectivity index (χ3v) is 3.06. The smallest absolute Gasteiger partial charge is 0.781 e. The molecule has 0 aliphatic rings. The average Bonchev–Trinajstić information content (AvgIpc) is 2.17.